The van der Waals surface area contributed by atoms with Crippen LogP contribution in [0.25, 0.3) is 0 Å². The lowest BCUT2D eigenvalue weighted by atomic mass is 10.3. The summed E-state index contributed by atoms with van der Waals surface area (Å²) in [6.45, 7) is 2.10. The fraction of sp³-hybridized carbons (Fsp3) is 0.444. The van der Waals surface area contributed by atoms with Gasteiger partial charge < -0.3 is 14.0 Å². The van der Waals surface area contributed by atoms with E-state index < -0.39 is 0 Å². The maximum Gasteiger partial charge on any atom is 0.339 e. The summed E-state index contributed by atoms with van der Waals surface area (Å²) < 4.78 is 11.9. The average molecular weight is 181 g/mol. The van der Waals surface area contributed by atoms with E-state index in [2.05, 4.69) is 4.74 Å². The van der Waals surface area contributed by atoms with Gasteiger partial charge in [0.2, 0.25) is 0 Å². The zero-order chi connectivity index (χ0) is 9.26. The highest BCUT2D eigenvalue weighted by Crippen LogP contribution is 2.14. The molecule has 0 aromatic carbocycles. The van der Waals surface area contributed by atoms with Gasteiger partial charge in [-0.2, -0.15) is 0 Å². The van der Waals surface area contributed by atoms with Gasteiger partial charge in [0.05, 0.1) is 25.9 Å². The fourth-order valence-electron chi connectivity index (χ4n) is 1.45. The van der Waals surface area contributed by atoms with Crippen molar-refractivity contribution >= 4 is 5.97 Å². The van der Waals surface area contributed by atoms with E-state index in [4.69, 9.17) is 4.74 Å². The van der Waals surface area contributed by atoms with Crippen molar-refractivity contribution in [2.24, 2.45) is 0 Å². The minimum absolute atomic E-state index is 0.290. The summed E-state index contributed by atoms with van der Waals surface area (Å²) in [5.41, 5.74) is 1.63. The summed E-state index contributed by atoms with van der Waals surface area (Å²) in [5.74, 6) is -0.290. The standard InChI is InChI=1S/C9H11NO3/c1-12-9(11)7-4-8-6-13-3-2-10(8)5-7/h4-5H,2-3,6H2,1H3. The van der Waals surface area contributed by atoms with Crippen LogP contribution in [-0.2, 0) is 22.6 Å². The second-order valence-corrected chi connectivity index (χ2v) is 2.96. The van der Waals surface area contributed by atoms with Gasteiger partial charge in [0.15, 0.2) is 0 Å². The van der Waals surface area contributed by atoms with E-state index >= 15 is 0 Å². The van der Waals surface area contributed by atoms with Crippen LogP contribution in [0.1, 0.15) is 16.1 Å². The molecule has 1 aliphatic heterocycles. The Morgan fingerprint density at radius 1 is 1.69 bits per heavy atom. The first-order chi connectivity index (χ1) is 6.31. The van der Waals surface area contributed by atoms with E-state index in [9.17, 15) is 4.79 Å². The molecule has 0 spiro atoms. The van der Waals surface area contributed by atoms with Crippen molar-refractivity contribution in [2.45, 2.75) is 13.2 Å². The Hall–Kier alpha value is -1.29. The number of carbonyl (C=O) groups is 1. The first kappa shape index (κ1) is 8.31. The summed E-state index contributed by atoms with van der Waals surface area (Å²) in [5, 5.41) is 0. The predicted octanol–water partition coefficient (Wildman–Crippen LogP) is 0.805. The second-order valence-electron chi connectivity index (χ2n) is 2.96. The van der Waals surface area contributed by atoms with Crippen LogP contribution >= 0.6 is 0 Å². The molecule has 1 aliphatic rings. The van der Waals surface area contributed by atoms with Crippen LogP contribution in [-0.4, -0.2) is 24.3 Å². The van der Waals surface area contributed by atoms with Gasteiger partial charge in [-0.3, -0.25) is 0 Å². The van der Waals surface area contributed by atoms with Crippen LogP contribution in [0.2, 0.25) is 0 Å². The van der Waals surface area contributed by atoms with Crippen molar-refractivity contribution in [1.29, 1.82) is 0 Å². The summed E-state index contributed by atoms with van der Waals surface area (Å²) in [4.78, 5) is 11.2. The number of rotatable bonds is 1. The van der Waals surface area contributed by atoms with E-state index in [0.717, 1.165) is 12.2 Å². The van der Waals surface area contributed by atoms with Gasteiger partial charge in [-0.05, 0) is 6.07 Å². The molecular formula is C9H11NO3. The molecular weight excluding hydrogens is 170 g/mol. The van der Waals surface area contributed by atoms with Crippen molar-refractivity contribution in [3.63, 3.8) is 0 Å². The number of esters is 1. The molecule has 70 valence electrons. The Kier molecular flexibility index (Phi) is 2.06. The zero-order valence-electron chi connectivity index (χ0n) is 7.45. The highest BCUT2D eigenvalue weighted by molar-refractivity contribution is 5.89. The minimum Gasteiger partial charge on any atom is -0.465 e. The molecule has 0 radical (unpaired) electrons. The van der Waals surface area contributed by atoms with Crippen molar-refractivity contribution in [2.75, 3.05) is 13.7 Å². The van der Waals surface area contributed by atoms with Crippen molar-refractivity contribution < 1.29 is 14.3 Å². The molecule has 4 heteroatoms. The molecule has 0 unspecified atom stereocenters. The van der Waals surface area contributed by atoms with Crippen molar-refractivity contribution in [1.82, 2.24) is 4.57 Å². The van der Waals surface area contributed by atoms with Crippen LogP contribution in [0.4, 0.5) is 0 Å². The van der Waals surface area contributed by atoms with E-state index in [1.165, 1.54) is 7.11 Å². The third-order valence-corrected chi connectivity index (χ3v) is 2.13. The topological polar surface area (TPSA) is 40.5 Å². The summed E-state index contributed by atoms with van der Waals surface area (Å²) in [7, 11) is 1.38. The maximum absolute atomic E-state index is 11.2. The molecule has 0 bridgehead atoms. The van der Waals surface area contributed by atoms with E-state index in [0.29, 0.717) is 18.8 Å². The van der Waals surface area contributed by atoms with Crippen LogP contribution < -0.4 is 0 Å². The number of aromatic nitrogens is 1. The first-order valence-electron chi connectivity index (χ1n) is 4.16. The first-order valence-corrected chi connectivity index (χ1v) is 4.16. The van der Waals surface area contributed by atoms with Gasteiger partial charge in [-0.1, -0.05) is 0 Å². The lowest BCUT2D eigenvalue weighted by Crippen LogP contribution is -2.14. The SMILES string of the molecule is COC(=O)c1cc2n(c1)CCOC2. The van der Waals surface area contributed by atoms with E-state index in [1.807, 2.05) is 16.8 Å². The van der Waals surface area contributed by atoms with E-state index in [-0.39, 0.29) is 5.97 Å². The number of nitrogens with zero attached hydrogens (tertiary/aromatic N) is 1. The number of hydrogen-bond donors (Lipinski definition) is 0. The smallest absolute Gasteiger partial charge is 0.339 e. The predicted molar refractivity (Wildman–Crippen MR) is 45.4 cm³/mol. The summed E-state index contributed by atoms with van der Waals surface area (Å²) in [6, 6.07) is 1.81. The third-order valence-electron chi connectivity index (χ3n) is 2.13. The normalized spacial score (nSPS) is 15.2. The second kappa shape index (κ2) is 3.22. The van der Waals surface area contributed by atoms with Crippen LogP contribution in [0.5, 0.6) is 0 Å². The quantitative estimate of drug-likeness (QED) is 0.602. The van der Waals surface area contributed by atoms with E-state index in [1.54, 1.807) is 0 Å². The monoisotopic (exact) mass is 181 g/mol. The number of methoxy groups -OCH3 is 1. The molecule has 4 nitrogen and oxygen atoms in total. The third kappa shape index (κ3) is 1.45. The molecule has 0 fully saturated rings. The zero-order valence-corrected chi connectivity index (χ0v) is 7.45. The molecule has 0 atom stereocenters. The van der Waals surface area contributed by atoms with Crippen molar-refractivity contribution in [3.05, 3.63) is 23.5 Å². The molecule has 13 heavy (non-hydrogen) atoms. The minimum atomic E-state index is -0.290. The van der Waals surface area contributed by atoms with Gasteiger partial charge in [-0.25, -0.2) is 4.79 Å². The fourth-order valence-corrected chi connectivity index (χ4v) is 1.45. The molecule has 0 saturated carbocycles. The maximum atomic E-state index is 11.2. The Bertz CT molecular complexity index is 306. The Morgan fingerprint density at radius 3 is 3.23 bits per heavy atom. The Labute approximate surface area is 76.1 Å². The molecule has 2 heterocycles. The molecule has 0 aliphatic carbocycles. The molecule has 0 N–H and O–H groups in total. The largest absolute Gasteiger partial charge is 0.465 e. The van der Waals surface area contributed by atoms with Crippen LogP contribution in [0, 0.1) is 0 Å². The molecule has 1 aromatic rings. The molecule has 2 rings (SSSR count). The number of fused-ring (bicyclic) bond motifs is 1. The number of ether oxygens (including phenoxy) is 2. The number of hydrogen-bond acceptors (Lipinski definition) is 3. The molecule has 1 aromatic heterocycles. The van der Waals surface area contributed by atoms with Crippen molar-refractivity contribution in [3.8, 4) is 0 Å². The Morgan fingerprint density at radius 2 is 2.54 bits per heavy atom. The average Bonchev–Trinajstić information content (AvgIpc) is 2.59. The van der Waals surface area contributed by atoms with Crippen LogP contribution in [0.3, 0.4) is 0 Å². The highest BCUT2D eigenvalue weighted by Gasteiger charge is 2.14. The molecule has 0 amide bonds. The van der Waals surface area contributed by atoms with Gasteiger partial charge >= 0.3 is 5.97 Å². The summed E-state index contributed by atoms with van der Waals surface area (Å²) >= 11 is 0. The van der Waals surface area contributed by atoms with Gasteiger partial charge in [-0.15, -0.1) is 0 Å². The lowest BCUT2D eigenvalue weighted by Gasteiger charge is -2.14. The van der Waals surface area contributed by atoms with Crippen LogP contribution in [0.15, 0.2) is 12.3 Å². The van der Waals surface area contributed by atoms with Gasteiger partial charge in [0, 0.05) is 18.4 Å². The lowest BCUT2D eigenvalue weighted by molar-refractivity contribution is 0.0600. The Balaban J connectivity index is 2.30. The molecule has 0 saturated heterocycles. The highest BCUT2D eigenvalue weighted by atomic mass is 16.5. The van der Waals surface area contributed by atoms with Gasteiger partial charge in [0.25, 0.3) is 0 Å². The number of carbonyl (C=O) groups excluding carboxylic acids is 1. The van der Waals surface area contributed by atoms with Gasteiger partial charge in [0.1, 0.15) is 0 Å². The summed E-state index contributed by atoms with van der Waals surface area (Å²) in [6.07, 6.45) is 1.81.